The quantitative estimate of drug-likeness (QED) is 0.660. The number of carbonyl (C=O) groups excluding carboxylic acids is 1. The van der Waals surface area contributed by atoms with Crippen LogP contribution in [0.25, 0.3) is 0 Å². The van der Waals surface area contributed by atoms with Crippen LogP contribution < -0.4 is 5.32 Å². The van der Waals surface area contributed by atoms with Crippen LogP contribution in [0, 0.1) is 0 Å². The molecule has 1 aliphatic heterocycles. The van der Waals surface area contributed by atoms with Gasteiger partial charge in [-0.25, -0.2) is 0 Å². The van der Waals surface area contributed by atoms with Crippen molar-refractivity contribution in [3.63, 3.8) is 0 Å². The fourth-order valence-corrected chi connectivity index (χ4v) is 1.55. The molecule has 70 valence electrons. The lowest BCUT2D eigenvalue weighted by atomic mass is 9.98. The molecule has 0 aromatic carbocycles. The number of carbonyl (C=O) groups is 1. The fourth-order valence-electron chi connectivity index (χ4n) is 1.55. The number of amides is 1. The zero-order chi connectivity index (χ0) is 8.97. The van der Waals surface area contributed by atoms with Gasteiger partial charge in [0.1, 0.15) is 0 Å². The molecule has 0 saturated carbocycles. The molecule has 2 atom stereocenters. The number of nitrogens with one attached hydrogen (secondary N) is 1. The first-order valence-electron chi connectivity index (χ1n) is 4.69. The Bertz CT molecular complexity index is 159. The summed E-state index contributed by atoms with van der Waals surface area (Å²) in [7, 11) is 0. The highest BCUT2D eigenvalue weighted by atomic mass is 16.3. The Morgan fingerprint density at radius 1 is 1.75 bits per heavy atom. The maximum absolute atomic E-state index is 11.0. The second-order valence-electron chi connectivity index (χ2n) is 3.45. The SMILES string of the molecule is CC[C@H](O)C[C@@H]1CCCC(=O)N1. The smallest absolute Gasteiger partial charge is 0.220 e. The van der Waals surface area contributed by atoms with Gasteiger partial charge in [0.15, 0.2) is 0 Å². The average molecular weight is 171 g/mol. The summed E-state index contributed by atoms with van der Waals surface area (Å²) in [6, 6.07) is 0.209. The van der Waals surface area contributed by atoms with Crippen LogP contribution in [0.4, 0.5) is 0 Å². The Kier molecular flexibility index (Phi) is 3.53. The molecule has 0 spiro atoms. The first-order chi connectivity index (χ1) is 5.72. The number of aliphatic hydroxyl groups excluding tert-OH is 1. The zero-order valence-corrected chi connectivity index (χ0v) is 7.55. The summed E-state index contributed by atoms with van der Waals surface area (Å²) < 4.78 is 0. The van der Waals surface area contributed by atoms with Gasteiger partial charge in [-0.1, -0.05) is 6.92 Å². The standard InChI is InChI=1S/C9H17NO2/c1-2-8(11)6-7-4-3-5-9(12)10-7/h7-8,11H,2-6H2,1H3,(H,10,12)/t7-,8-/m0/s1. The highest BCUT2D eigenvalue weighted by molar-refractivity contribution is 5.76. The summed E-state index contributed by atoms with van der Waals surface area (Å²) in [5.74, 6) is 0.134. The van der Waals surface area contributed by atoms with E-state index in [1.54, 1.807) is 0 Å². The molecular weight excluding hydrogens is 154 g/mol. The molecular formula is C9H17NO2. The van der Waals surface area contributed by atoms with Crippen molar-refractivity contribution >= 4 is 5.91 Å². The van der Waals surface area contributed by atoms with Crippen molar-refractivity contribution in [2.75, 3.05) is 0 Å². The molecule has 1 amide bonds. The maximum Gasteiger partial charge on any atom is 0.220 e. The Labute approximate surface area is 73.2 Å². The van der Waals surface area contributed by atoms with E-state index in [0.29, 0.717) is 12.8 Å². The van der Waals surface area contributed by atoms with Crippen LogP contribution in [0.2, 0.25) is 0 Å². The summed E-state index contributed by atoms with van der Waals surface area (Å²) in [6.45, 7) is 1.95. The highest BCUT2D eigenvalue weighted by Gasteiger charge is 2.19. The Hall–Kier alpha value is -0.570. The molecule has 1 saturated heterocycles. The van der Waals surface area contributed by atoms with Gasteiger partial charge >= 0.3 is 0 Å². The lowest BCUT2D eigenvalue weighted by Crippen LogP contribution is -2.40. The number of aliphatic hydroxyl groups is 1. The monoisotopic (exact) mass is 171 g/mol. The molecule has 1 aliphatic rings. The fraction of sp³-hybridized carbons (Fsp3) is 0.889. The van der Waals surface area contributed by atoms with Gasteiger partial charge in [0.25, 0.3) is 0 Å². The maximum atomic E-state index is 11.0. The van der Waals surface area contributed by atoms with Gasteiger partial charge in [0, 0.05) is 12.5 Å². The molecule has 1 rings (SSSR count). The number of piperidine rings is 1. The lowest BCUT2D eigenvalue weighted by Gasteiger charge is -2.24. The van der Waals surface area contributed by atoms with Crippen molar-refractivity contribution in [1.29, 1.82) is 0 Å². The van der Waals surface area contributed by atoms with E-state index in [2.05, 4.69) is 5.32 Å². The summed E-state index contributed by atoms with van der Waals surface area (Å²) in [4.78, 5) is 11.0. The van der Waals surface area contributed by atoms with Crippen LogP contribution in [0.1, 0.15) is 39.0 Å². The van der Waals surface area contributed by atoms with E-state index in [1.165, 1.54) is 0 Å². The van der Waals surface area contributed by atoms with Crippen molar-refractivity contribution < 1.29 is 9.90 Å². The van der Waals surface area contributed by atoms with Gasteiger partial charge in [-0.05, 0) is 25.7 Å². The summed E-state index contributed by atoms with van der Waals surface area (Å²) in [5.41, 5.74) is 0. The van der Waals surface area contributed by atoms with Gasteiger partial charge in [0.2, 0.25) is 5.91 Å². The number of hydrogen-bond donors (Lipinski definition) is 2. The Balaban J connectivity index is 2.27. The van der Waals surface area contributed by atoms with E-state index in [9.17, 15) is 9.90 Å². The molecule has 0 unspecified atom stereocenters. The minimum atomic E-state index is -0.256. The van der Waals surface area contributed by atoms with Crippen molar-refractivity contribution in [3.05, 3.63) is 0 Å². The molecule has 0 aromatic rings. The molecule has 1 fully saturated rings. The van der Waals surface area contributed by atoms with E-state index >= 15 is 0 Å². The van der Waals surface area contributed by atoms with E-state index < -0.39 is 0 Å². The molecule has 0 aromatic heterocycles. The van der Waals surface area contributed by atoms with E-state index in [-0.39, 0.29) is 18.1 Å². The highest BCUT2D eigenvalue weighted by Crippen LogP contribution is 2.13. The van der Waals surface area contributed by atoms with Crippen LogP contribution in [-0.4, -0.2) is 23.2 Å². The van der Waals surface area contributed by atoms with Crippen LogP contribution in [-0.2, 0) is 4.79 Å². The molecule has 0 bridgehead atoms. The topological polar surface area (TPSA) is 49.3 Å². The summed E-state index contributed by atoms with van der Waals surface area (Å²) in [5, 5.41) is 12.2. The minimum absolute atomic E-state index is 0.134. The van der Waals surface area contributed by atoms with Gasteiger partial charge in [-0.3, -0.25) is 4.79 Å². The largest absolute Gasteiger partial charge is 0.393 e. The van der Waals surface area contributed by atoms with Gasteiger partial charge < -0.3 is 10.4 Å². The van der Waals surface area contributed by atoms with Crippen LogP contribution in [0.5, 0.6) is 0 Å². The van der Waals surface area contributed by atoms with E-state index in [4.69, 9.17) is 0 Å². The average Bonchev–Trinajstić information content (AvgIpc) is 2.04. The van der Waals surface area contributed by atoms with Gasteiger partial charge in [0.05, 0.1) is 6.10 Å². The van der Waals surface area contributed by atoms with Crippen molar-refractivity contribution in [1.82, 2.24) is 5.32 Å². The molecule has 2 N–H and O–H groups in total. The van der Waals surface area contributed by atoms with Gasteiger partial charge in [-0.15, -0.1) is 0 Å². The lowest BCUT2D eigenvalue weighted by molar-refractivity contribution is -0.123. The molecule has 3 heteroatoms. The minimum Gasteiger partial charge on any atom is -0.393 e. The second-order valence-corrected chi connectivity index (χ2v) is 3.45. The normalized spacial score (nSPS) is 26.5. The zero-order valence-electron chi connectivity index (χ0n) is 7.55. The van der Waals surface area contributed by atoms with E-state index in [1.807, 2.05) is 6.92 Å². The Morgan fingerprint density at radius 3 is 3.08 bits per heavy atom. The first-order valence-corrected chi connectivity index (χ1v) is 4.69. The van der Waals surface area contributed by atoms with Crippen molar-refractivity contribution in [2.45, 2.75) is 51.2 Å². The molecule has 0 radical (unpaired) electrons. The number of hydrogen-bond acceptors (Lipinski definition) is 2. The summed E-state index contributed by atoms with van der Waals surface area (Å²) in [6.07, 6.45) is 3.86. The molecule has 1 heterocycles. The molecule has 0 aliphatic carbocycles. The first kappa shape index (κ1) is 9.52. The van der Waals surface area contributed by atoms with E-state index in [0.717, 1.165) is 19.3 Å². The van der Waals surface area contributed by atoms with Gasteiger partial charge in [-0.2, -0.15) is 0 Å². The van der Waals surface area contributed by atoms with Crippen molar-refractivity contribution in [2.24, 2.45) is 0 Å². The van der Waals surface area contributed by atoms with Crippen LogP contribution in [0.15, 0.2) is 0 Å². The molecule has 3 nitrogen and oxygen atoms in total. The third kappa shape index (κ3) is 2.81. The predicted octanol–water partition coefficient (Wildman–Crippen LogP) is 0.816. The third-order valence-electron chi connectivity index (χ3n) is 2.35. The number of rotatable bonds is 3. The Morgan fingerprint density at radius 2 is 2.50 bits per heavy atom. The molecule has 12 heavy (non-hydrogen) atoms. The van der Waals surface area contributed by atoms with Crippen LogP contribution >= 0.6 is 0 Å². The van der Waals surface area contributed by atoms with Crippen LogP contribution in [0.3, 0.4) is 0 Å². The van der Waals surface area contributed by atoms with Crippen molar-refractivity contribution in [3.8, 4) is 0 Å². The predicted molar refractivity (Wildman–Crippen MR) is 46.7 cm³/mol. The second kappa shape index (κ2) is 4.45. The third-order valence-corrected chi connectivity index (χ3v) is 2.35. The summed E-state index contributed by atoms with van der Waals surface area (Å²) >= 11 is 0.